The Morgan fingerprint density at radius 1 is 1.29 bits per heavy atom. The maximum absolute atomic E-state index is 6.07. The minimum absolute atomic E-state index is 0.697. The molecule has 2 rings (SSSR count). The minimum Gasteiger partial charge on any atom is -0.491 e. The minimum atomic E-state index is 0.697. The average Bonchev–Trinajstić information content (AvgIpc) is 2.92. The van der Waals surface area contributed by atoms with Gasteiger partial charge in [-0.05, 0) is 31.0 Å². The number of aryl methyl sites for hydroxylation is 1. The fraction of sp³-hybridized carbons (Fsp3) is 0.438. The molecule has 0 fully saturated rings. The van der Waals surface area contributed by atoms with Crippen LogP contribution in [0.3, 0.4) is 0 Å². The number of anilines is 1. The third-order valence-corrected chi connectivity index (χ3v) is 3.26. The third kappa shape index (κ3) is 4.67. The van der Waals surface area contributed by atoms with Gasteiger partial charge < -0.3 is 10.1 Å². The van der Waals surface area contributed by atoms with E-state index < -0.39 is 0 Å². The molecule has 0 saturated carbocycles. The molecule has 21 heavy (non-hydrogen) atoms. The molecule has 0 amide bonds. The summed E-state index contributed by atoms with van der Waals surface area (Å²) < 4.78 is 7.69. The van der Waals surface area contributed by atoms with Crippen molar-refractivity contribution in [3.8, 4) is 5.75 Å². The van der Waals surface area contributed by atoms with Crippen LogP contribution in [0, 0.1) is 0 Å². The van der Waals surface area contributed by atoms with E-state index in [2.05, 4.69) is 30.5 Å². The Morgan fingerprint density at radius 2 is 2.14 bits per heavy atom. The van der Waals surface area contributed by atoms with Gasteiger partial charge in [0.25, 0.3) is 0 Å². The van der Waals surface area contributed by atoms with Crippen molar-refractivity contribution in [1.82, 2.24) is 9.78 Å². The van der Waals surface area contributed by atoms with Gasteiger partial charge in [-0.15, -0.1) is 0 Å². The molecule has 0 saturated heterocycles. The van der Waals surface area contributed by atoms with Crippen molar-refractivity contribution in [2.75, 3.05) is 11.9 Å². The number of aromatic nitrogens is 2. The predicted octanol–water partition coefficient (Wildman–Crippen LogP) is 4.35. The summed E-state index contributed by atoms with van der Waals surface area (Å²) in [5.41, 5.74) is 2.06. The molecule has 114 valence electrons. The van der Waals surface area contributed by atoms with Gasteiger partial charge >= 0.3 is 0 Å². The van der Waals surface area contributed by atoms with E-state index in [1.54, 1.807) is 0 Å². The zero-order valence-electron chi connectivity index (χ0n) is 12.6. The van der Waals surface area contributed by atoms with E-state index >= 15 is 0 Å². The standard InChI is InChI=1S/C16H22ClN3O/c1-3-7-20-12-13(11-19-20)10-18-15-9-14(17)5-6-16(15)21-8-4-2/h5-6,9,11-12,18H,3-4,7-8,10H2,1-2H3. The summed E-state index contributed by atoms with van der Waals surface area (Å²) in [6.07, 6.45) is 6.01. The molecular weight excluding hydrogens is 286 g/mol. The fourth-order valence-corrected chi connectivity index (χ4v) is 2.20. The average molecular weight is 308 g/mol. The summed E-state index contributed by atoms with van der Waals surface area (Å²) in [6, 6.07) is 5.64. The van der Waals surface area contributed by atoms with Crippen LogP contribution >= 0.6 is 11.6 Å². The van der Waals surface area contributed by atoms with Gasteiger partial charge in [0.15, 0.2) is 0 Å². The lowest BCUT2D eigenvalue weighted by molar-refractivity contribution is 0.319. The number of nitrogens with zero attached hydrogens (tertiary/aromatic N) is 2. The highest BCUT2D eigenvalue weighted by atomic mass is 35.5. The van der Waals surface area contributed by atoms with Crippen LogP contribution in [0.1, 0.15) is 32.3 Å². The van der Waals surface area contributed by atoms with Gasteiger partial charge in [-0.1, -0.05) is 25.4 Å². The SMILES string of the molecule is CCCOc1ccc(Cl)cc1NCc1cnn(CCC)c1. The summed E-state index contributed by atoms with van der Waals surface area (Å²) in [4.78, 5) is 0. The van der Waals surface area contributed by atoms with Crippen molar-refractivity contribution in [2.24, 2.45) is 0 Å². The predicted molar refractivity (Wildman–Crippen MR) is 87.1 cm³/mol. The van der Waals surface area contributed by atoms with Gasteiger partial charge in [0.05, 0.1) is 18.5 Å². The highest BCUT2D eigenvalue weighted by Crippen LogP contribution is 2.28. The number of nitrogens with one attached hydrogen (secondary N) is 1. The highest BCUT2D eigenvalue weighted by molar-refractivity contribution is 6.30. The van der Waals surface area contributed by atoms with Gasteiger partial charge in [0, 0.05) is 29.9 Å². The number of rotatable bonds is 8. The molecule has 1 heterocycles. The van der Waals surface area contributed by atoms with Gasteiger partial charge in [-0.25, -0.2) is 0 Å². The number of hydrogen-bond acceptors (Lipinski definition) is 3. The summed E-state index contributed by atoms with van der Waals surface area (Å²) in [7, 11) is 0. The molecule has 0 aliphatic heterocycles. The summed E-state index contributed by atoms with van der Waals surface area (Å²) >= 11 is 6.07. The Kier molecular flexibility index (Phi) is 5.93. The van der Waals surface area contributed by atoms with Crippen molar-refractivity contribution in [3.63, 3.8) is 0 Å². The molecule has 5 heteroatoms. The van der Waals surface area contributed by atoms with Gasteiger partial charge in [-0.2, -0.15) is 5.10 Å². The Balaban J connectivity index is 2.01. The second-order valence-electron chi connectivity index (χ2n) is 4.95. The molecule has 0 unspecified atom stereocenters. The van der Waals surface area contributed by atoms with Crippen molar-refractivity contribution in [1.29, 1.82) is 0 Å². The van der Waals surface area contributed by atoms with Crippen molar-refractivity contribution in [2.45, 2.75) is 39.8 Å². The second-order valence-corrected chi connectivity index (χ2v) is 5.39. The summed E-state index contributed by atoms with van der Waals surface area (Å²) in [6.45, 7) is 6.58. The summed E-state index contributed by atoms with van der Waals surface area (Å²) in [5.74, 6) is 0.835. The fourth-order valence-electron chi connectivity index (χ4n) is 2.02. The monoisotopic (exact) mass is 307 g/mol. The molecule has 0 spiro atoms. The normalized spacial score (nSPS) is 10.6. The lowest BCUT2D eigenvalue weighted by Crippen LogP contribution is -2.03. The third-order valence-electron chi connectivity index (χ3n) is 3.03. The Labute approximate surface area is 131 Å². The van der Waals surface area contributed by atoms with E-state index in [1.807, 2.05) is 29.1 Å². The van der Waals surface area contributed by atoms with E-state index in [-0.39, 0.29) is 0 Å². The van der Waals surface area contributed by atoms with Crippen LogP contribution in [0.15, 0.2) is 30.6 Å². The van der Waals surface area contributed by atoms with E-state index in [0.717, 1.165) is 36.4 Å². The maximum atomic E-state index is 6.07. The van der Waals surface area contributed by atoms with Crippen LogP contribution in [-0.4, -0.2) is 16.4 Å². The molecule has 1 aromatic heterocycles. The first-order valence-corrected chi connectivity index (χ1v) is 7.78. The van der Waals surface area contributed by atoms with Gasteiger partial charge in [0.2, 0.25) is 0 Å². The number of ether oxygens (including phenoxy) is 1. The molecular formula is C16H22ClN3O. The van der Waals surface area contributed by atoms with Crippen molar-refractivity contribution < 1.29 is 4.74 Å². The first-order valence-electron chi connectivity index (χ1n) is 7.40. The molecule has 1 N–H and O–H groups in total. The lowest BCUT2D eigenvalue weighted by Gasteiger charge is -2.12. The Bertz CT molecular complexity index is 568. The highest BCUT2D eigenvalue weighted by Gasteiger charge is 2.05. The van der Waals surface area contributed by atoms with E-state index in [9.17, 15) is 0 Å². The quantitative estimate of drug-likeness (QED) is 0.788. The molecule has 4 nitrogen and oxygen atoms in total. The topological polar surface area (TPSA) is 39.1 Å². The molecule has 0 aliphatic rings. The number of hydrogen-bond donors (Lipinski definition) is 1. The smallest absolute Gasteiger partial charge is 0.142 e. The van der Waals surface area contributed by atoms with Gasteiger partial charge in [-0.3, -0.25) is 4.68 Å². The van der Waals surface area contributed by atoms with Crippen molar-refractivity contribution in [3.05, 3.63) is 41.2 Å². The van der Waals surface area contributed by atoms with E-state index in [1.165, 1.54) is 0 Å². The van der Waals surface area contributed by atoms with E-state index in [4.69, 9.17) is 16.3 Å². The maximum Gasteiger partial charge on any atom is 0.142 e. The zero-order chi connectivity index (χ0) is 15.1. The zero-order valence-corrected chi connectivity index (χ0v) is 13.4. The molecule has 2 aromatic rings. The van der Waals surface area contributed by atoms with Crippen molar-refractivity contribution >= 4 is 17.3 Å². The molecule has 0 aliphatic carbocycles. The largest absolute Gasteiger partial charge is 0.491 e. The Morgan fingerprint density at radius 3 is 2.90 bits per heavy atom. The first kappa shape index (κ1) is 15.7. The van der Waals surface area contributed by atoms with Crippen LogP contribution in [0.5, 0.6) is 5.75 Å². The molecule has 0 atom stereocenters. The molecule has 1 aromatic carbocycles. The number of benzene rings is 1. The van der Waals surface area contributed by atoms with Crippen LogP contribution in [0.4, 0.5) is 5.69 Å². The lowest BCUT2D eigenvalue weighted by atomic mass is 10.2. The Hall–Kier alpha value is -1.68. The van der Waals surface area contributed by atoms with Crippen LogP contribution in [-0.2, 0) is 13.1 Å². The van der Waals surface area contributed by atoms with Crippen LogP contribution in [0.2, 0.25) is 5.02 Å². The van der Waals surface area contributed by atoms with Crippen LogP contribution < -0.4 is 10.1 Å². The molecule has 0 radical (unpaired) electrons. The van der Waals surface area contributed by atoms with E-state index in [0.29, 0.717) is 18.2 Å². The van der Waals surface area contributed by atoms with Gasteiger partial charge in [0.1, 0.15) is 5.75 Å². The number of halogens is 1. The molecule has 0 bridgehead atoms. The van der Waals surface area contributed by atoms with Crippen LogP contribution in [0.25, 0.3) is 0 Å². The summed E-state index contributed by atoms with van der Waals surface area (Å²) in [5, 5.41) is 8.40. The first-order chi connectivity index (χ1) is 10.2. The second kappa shape index (κ2) is 7.93.